The zero-order valence-electron chi connectivity index (χ0n) is 26.7. The first-order valence-corrected chi connectivity index (χ1v) is 16.6. The first kappa shape index (κ1) is 28.1. The van der Waals surface area contributed by atoms with Gasteiger partial charge in [-0.1, -0.05) is 121 Å². The van der Waals surface area contributed by atoms with Gasteiger partial charge in [-0.05, 0) is 41.5 Å². The second-order valence-electron chi connectivity index (χ2n) is 12.3. The Kier molecular flexibility index (Phi) is 6.39. The SMILES string of the molecule is c1ccc(-c2ccc(-c3nc(-c4ccccc4)nc(-c4cc(-n5c6ccccc6c6ccccc65)cc5oc6ncccc6c45)n3)cc2)cc1. The van der Waals surface area contributed by atoms with Gasteiger partial charge in [-0.15, -0.1) is 0 Å². The first-order valence-electron chi connectivity index (χ1n) is 16.6. The fourth-order valence-electron chi connectivity index (χ4n) is 7.02. The number of benzene rings is 6. The molecule has 6 nitrogen and oxygen atoms in total. The largest absolute Gasteiger partial charge is 0.438 e. The van der Waals surface area contributed by atoms with Crippen LogP contribution in [0.2, 0.25) is 0 Å². The van der Waals surface area contributed by atoms with Crippen LogP contribution >= 0.6 is 0 Å². The summed E-state index contributed by atoms with van der Waals surface area (Å²) in [5.74, 6) is 1.74. The van der Waals surface area contributed by atoms with Gasteiger partial charge in [0, 0.05) is 50.5 Å². The summed E-state index contributed by atoms with van der Waals surface area (Å²) in [4.78, 5) is 20.0. The van der Waals surface area contributed by atoms with Crippen LogP contribution in [0, 0.1) is 0 Å². The Morgan fingerprint density at radius 1 is 0.440 bits per heavy atom. The molecule has 0 spiro atoms. The molecule has 0 atom stereocenters. The van der Waals surface area contributed by atoms with Gasteiger partial charge < -0.3 is 8.98 Å². The normalized spacial score (nSPS) is 11.6. The third-order valence-electron chi connectivity index (χ3n) is 9.33. The number of nitrogens with zero attached hydrogens (tertiary/aromatic N) is 5. The van der Waals surface area contributed by atoms with E-state index in [1.807, 2.05) is 48.5 Å². The molecule has 0 amide bonds. The van der Waals surface area contributed by atoms with E-state index in [4.69, 9.17) is 19.4 Å². The smallest absolute Gasteiger partial charge is 0.227 e. The first-order chi connectivity index (χ1) is 24.8. The Balaban J connectivity index is 1.25. The van der Waals surface area contributed by atoms with Gasteiger partial charge in [0.1, 0.15) is 5.58 Å². The summed E-state index contributed by atoms with van der Waals surface area (Å²) in [6.07, 6.45) is 1.76. The predicted molar refractivity (Wildman–Crippen MR) is 201 cm³/mol. The van der Waals surface area contributed by atoms with Gasteiger partial charge in [0.25, 0.3) is 0 Å². The molecule has 0 fully saturated rings. The number of pyridine rings is 1. The summed E-state index contributed by atoms with van der Waals surface area (Å²) in [5, 5.41) is 4.18. The second-order valence-corrected chi connectivity index (χ2v) is 12.3. The minimum absolute atomic E-state index is 0.556. The third-order valence-corrected chi connectivity index (χ3v) is 9.33. The van der Waals surface area contributed by atoms with Crippen molar-refractivity contribution in [2.45, 2.75) is 0 Å². The van der Waals surface area contributed by atoms with Crippen molar-refractivity contribution in [2.24, 2.45) is 0 Å². The lowest BCUT2D eigenvalue weighted by molar-refractivity contribution is 0.654. The van der Waals surface area contributed by atoms with Crippen molar-refractivity contribution in [2.75, 3.05) is 0 Å². The van der Waals surface area contributed by atoms with Gasteiger partial charge in [-0.25, -0.2) is 19.9 Å². The summed E-state index contributed by atoms with van der Waals surface area (Å²) >= 11 is 0. The Hall–Kier alpha value is -6.92. The summed E-state index contributed by atoms with van der Waals surface area (Å²) in [6.45, 7) is 0. The quantitative estimate of drug-likeness (QED) is 0.187. The number of hydrogen-bond acceptors (Lipinski definition) is 5. The van der Waals surface area contributed by atoms with E-state index in [0.29, 0.717) is 28.8 Å². The number of aromatic nitrogens is 5. The van der Waals surface area contributed by atoms with E-state index >= 15 is 0 Å². The highest BCUT2D eigenvalue weighted by molar-refractivity contribution is 6.13. The lowest BCUT2D eigenvalue weighted by Gasteiger charge is -2.13. The van der Waals surface area contributed by atoms with Crippen LogP contribution in [0.15, 0.2) is 168 Å². The van der Waals surface area contributed by atoms with E-state index < -0.39 is 0 Å². The monoisotopic (exact) mass is 641 g/mol. The number of furan rings is 1. The average molecular weight is 642 g/mol. The Morgan fingerprint density at radius 3 is 1.64 bits per heavy atom. The van der Waals surface area contributed by atoms with Crippen LogP contribution in [0.3, 0.4) is 0 Å². The third kappa shape index (κ3) is 4.58. The maximum atomic E-state index is 6.47. The van der Waals surface area contributed by atoms with Gasteiger partial charge in [-0.2, -0.15) is 0 Å². The molecular formula is C44H27N5O. The van der Waals surface area contributed by atoms with Crippen molar-refractivity contribution in [3.05, 3.63) is 164 Å². The maximum absolute atomic E-state index is 6.47. The molecule has 0 radical (unpaired) electrons. The molecule has 0 unspecified atom stereocenters. The Bertz CT molecular complexity index is 2800. The van der Waals surface area contributed by atoms with Crippen LogP contribution in [0.5, 0.6) is 0 Å². The molecule has 6 heteroatoms. The highest BCUT2D eigenvalue weighted by Gasteiger charge is 2.21. The molecule has 10 rings (SSSR count). The van der Waals surface area contributed by atoms with Gasteiger partial charge in [0.15, 0.2) is 17.5 Å². The van der Waals surface area contributed by atoms with Crippen molar-refractivity contribution in [3.63, 3.8) is 0 Å². The fourth-order valence-corrected chi connectivity index (χ4v) is 7.02. The van der Waals surface area contributed by atoms with Crippen LogP contribution in [0.1, 0.15) is 0 Å². The Labute approximate surface area is 287 Å². The van der Waals surface area contributed by atoms with Gasteiger partial charge in [-0.3, -0.25) is 0 Å². The van der Waals surface area contributed by atoms with Crippen molar-refractivity contribution >= 4 is 43.9 Å². The summed E-state index contributed by atoms with van der Waals surface area (Å²) < 4.78 is 8.76. The molecule has 4 aromatic heterocycles. The van der Waals surface area contributed by atoms with Crippen LogP contribution in [0.25, 0.3) is 94.9 Å². The molecule has 0 N–H and O–H groups in total. The topological polar surface area (TPSA) is 69.6 Å². The van der Waals surface area contributed by atoms with Crippen LogP contribution in [0.4, 0.5) is 0 Å². The van der Waals surface area contributed by atoms with E-state index in [-0.39, 0.29) is 0 Å². The summed E-state index contributed by atoms with van der Waals surface area (Å²) in [6, 6.07) is 54.1. The van der Waals surface area contributed by atoms with Gasteiger partial charge in [0.2, 0.25) is 5.71 Å². The van der Waals surface area contributed by atoms with Gasteiger partial charge >= 0.3 is 0 Å². The minimum Gasteiger partial charge on any atom is -0.438 e. The van der Waals surface area contributed by atoms with Crippen molar-refractivity contribution < 1.29 is 4.42 Å². The lowest BCUT2D eigenvalue weighted by atomic mass is 10.0. The van der Waals surface area contributed by atoms with Crippen molar-refractivity contribution in [1.82, 2.24) is 24.5 Å². The van der Waals surface area contributed by atoms with Crippen molar-refractivity contribution in [3.8, 4) is 51.0 Å². The van der Waals surface area contributed by atoms with Crippen LogP contribution < -0.4 is 0 Å². The number of fused-ring (bicyclic) bond motifs is 6. The maximum Gasteiger partial charge on any atom is 0.227 e. The highest BCUT2D eigenvalue weighted by Crippen LogP contribution is 2.40. The molecule has 0 aliphatic carbocycles. The zero-order chi connectivity index (χ0) is 33.0. The zero-order valence-corrected chi connectivity index (χ0v) is 26.7. The van der Waals surface area contributed by atoms with Crippen LogP contribution in [-0.4, -0.2) is 24.5 Å². The van der Waals surface area contributed by atoms with E-state index in [2.05, 4.69) is 119 Å². The summed E-state index contributed by atoms with van der Waals surface area (Å²) in [5.41, 5.74) is 9.37. The summed E-state index contributed by atoms with van der Waals surface area (Å²) in [7, 11) is 0. The molecule has 50 heavy (non-hydrogen) atoms. The average Bonchev–Trinajstić information content (AvgIpc) is 3.74. The molecule has 0 saturated carbocycles. The molecule has 10 aromatic rings. The van der Waals surface area contributed by atoms with Crippen molar-refractivity contribution in [1.29, 1.82) is 0 Å². The minimum atomic E-state index is 0.556. The van der Waals surface area contributed by atoms with Crippen LogP contribution in [-0.2, 0) is 0 Å². The lowest BCUT2D eigenvalue weighted by Crippen LogP contribution is -2.01. The predicted octanol–water partition coefficient (Wildman–Crippen LogP) is 10.9. The molecule has 0 bridgehead atoms. The number of rotatable bonds is 5. The van der Waals surface area contributed by atoms with E-state index in [9.17, 15) is 0 Å². The molecule has 0 saturated heterocycles. The molecular weight excluding hydrogens is 615 g/mol. The highest BCUT2D eigenvalue weighted by atomic mass is 16.3. The van der Waals surface area contributed by atoms with E-state index in [1.54, 1.807) is 6.20 Å². The standard InChI is InChI=1S/C44H27N5O/c1-3-12-28(13-4-1)29-21-23-31(24-22-29)42-46-41(30-14-5-2-6-15-30)47-43(48-42)36-26-32(27-39-40(36)35-18-11-25-45-44(35)50-39)49-37-19-9-7-16-33(37)34-17-8-10-20-38(34)49/h1-27H. The van der Waals surface area contributed by atoms with E-state index in [0.717, 1.165) is 55.3 Å². The molecule has 4 heterocycles. The van der Waals surface area contributed by atoms with Gasteiger partial charge in [0.05, 0.1) is 16.7 Å². The second kappa shape index (κ2) is 11.4. The number of para-hydroxylation sites is 2. The molecule has 6 aromatic carbocycles. The molecule has 0 aliphatic rings. The molecule has 234 valence electrons. The Morgan fingerprint density at radius 2 is 0.960 bits per heavy atom. The van der Waals surface area contributed by atoms with E-state index in [1.165, 1.54) is 10.8 Å². The molecule has 0 aliphatic heterocycles. The number of hydrogen-bond donors (Lipinski definition) is 0. The fraction of sp³-hybridized carbons (Fsp3) is 0.